The molecule has 7 heteroatoms. The Hall–Kier alpha value is -3.87. The quantitative estimate of drug-likeness (QED) is 0.444. The van der Waals surface area contributed by atoms with Crippen molar-refractivity contribution in [2.45, 2.75) is 32.4 Å². The van der Waals surface area contributed by atoms with Gasteiger partial charge in [-0.05, 0) is 30.7 Å². The number of carbonyl (C=O) groups excluding carboxylic acids is 1. The zero-order chi connectivity index (χ0) is 21.6. The van der Waals surface area contributed by atoms with Crippen LogP contribution in [0.15, 0.2) is 81.9 Å². The molecule has 0 fully saturated rings. The molecular formula is C24H23N3O4. The maximum Gasteiger partial charge on any atom is 0.238 e. The highest BCUT2D eigenvalue weighted by molar-refractivity contribution is 5.77. The Morgan fingerprint density at radius 1 is 1.06 bits per heavy atom. The van der Waals surface area contributed by atoms with Crippen molar-refractivity contribution >= 4 is 5.91 Å². The number of hydrogen-bond donors (Lipinski definition) is 1. The Kier molecular flexibility index (Phi) is 6.12. The Morgan fingerprint density at radius 3 is 2.58 bits per heavy atom. The molecule has 0 radical (unpaired) electrons. The number of carbonyl (C=O) groups is 1. The van der Waals surface area contributed by atoms with E-state index in [0.29, 0.717) is 36.0 Å². The van der Waals surface area contributed by atoms with Gasteiger partial charge in [0.25, 0.3) is 0 Å². The highest BCUT2D eigenvalue weighted by Crippen LogP contribution is 2.27. The average Bonchev–Trinajstić information content (AvgIpc) is 3.49. The molecule has 0 bridgehead atoms. The molecule has 4 aromatic rings. The molecular weight excluding hydrogens is 394 g/mol. The van der Waals surface area contributed by atoms with Gasteiger partial charge in [0.15, 0.2) is 5.76 Å². The van der Waals surface area contributed by atoms with Crippen LogP contribution in [0, 0.1) is 0 Å². The molecule has 0 aliphatic heterocycles. The predicted molar refractivity (Wildman–Crippen MR) is 114 cm³/mol. The lowest BCUT2D eigenvalue weighted by Crippen LogP contribution is -2.33. The van der Waals surface area contributed by atoms with Gasteiger partial charge in [-0.3, -0.25) is 4.79 Å². The molecule has 4 rings (SSSR count). The van der Waals surface area contributed by atoms with Crippen LogP contribution in [0.5, 0.6) is 5.75 Å². The summed E-state index contributed by atoms with van der Waals surface area (Å²) in [4.78, 5) is 19.3. The van der Waals surface area contributed by atoms with Crippen molar-refractivity contribution in [3.05, 3.63) is 90.0 Å². The molecule has 158 valence electrons. The normalized spacial score (nSPS) is 11.9. The first-order valence-corrected chi connectivity index (χ1v) is 10.1. The summed E-state index contributed by atoms with van der Waals surface area (Å²) in [5, 5.41) is 14.1. The van der Waals surface area contributed by atoms with E-state index in [1.54, 1.807) is 29.2 Å². The second-order valence-electron chi connectivity index (χ2n) is 7.23. The number of phenolic OH excluding ortho intramolecular Hbond substituents is 1. The maximum atomic E-state index is 13.2. The number of rotatable bonds is 8. The summed E-state index contributed by atoms with van der Waals surface area (Å²) < 4.78 is 10.5. The van der Waals surface area contributed by atoms with E-state index in [1.807, 2.05) is 49.4 Å². The van der Waals surface area contributed by atoms with Crippen LogP contribution in [0.25, 0.3) is 11.6 Å². The van der Waals surface area contributed by atoms with E-state index in [9.17, 15) is 9.90 Å². The van der Waals surface area contributed by atoms with E-state index < -0.39 is 0 Å². The molecule has 0 saturated heterocycles. The number of benzene rings is 2. The molecule has 1 atom stereocenters. The molecule has 2 aromatic carbocycles. The SMILES string of the molecule is C[C@H](c1ccccc1)N(Cc1ccccc1O)C(=O)CCc1nc(-c2ccco2)no1. The van der Waals surface area contributed by atoms with Gasteiger partial charge in [0.05, 0.1) is 12.3 Å². The Labute approximate surface area is 179 Å². The van der Waals surface area contributed by atoms with Crippen molar-refractivity contribution in [3.8, 4) is 17.3 Å². The van der Waals surface area contributed by atoms with Gasteiger partial charge in [0.2, 0.25) is 17.6 Å². The van der Waals surface area contributed by atoms with E-state index in [1.165, 1.54) is 6.26 Å². The van der Waals surface area contributed by atoms with E-state index in [2.05, 4.69) is 10.1 Å². The molecule has 31 heavy (non-hydrogen) atoms. The summed E-state index contributed by atoms with van der Waals surface area (Å²) in [7, 11) is 0. The van der Waals surface area contributed by atoms with Gasteiger partial charge in [-0.2, -0.15) is 4.98 Å². The van der Waals surface area contributed by atoms with Crippen LogP contribution in [-0.4, -0.2) is 26.1 Å². The van der Waals surface area contributed by atoms with Crippen LogP contribution in [0.3, 0.4) is 0 Å². The van der Waals surface area contributed by atoms with Crippen molar-refractivity contribution in [1.82, 2.24) is 15.0 Å². The number of furan rings is 1. The van der Waals surface area contributed by atoms with E-state index >= 15 is 0 Å². The average molecular weight is 417 g/mol. The molecule has 0 unspecified atom stereocenters. The van der Waals surface area contributed by atoms with Gasteiger partial charge in [-0.1, -0.05) is 53.7 Å². The van der Waals surface area contributed by atoms with Crippen molar-refractivity contribution in [3.63, 3.8) is 0 Å². The van der Waals surface area contributed by atoms with Crippen LogP contribution >= 0.6 is 0 Å². The lowest BCUT2D eigenvalue weighted by Gasteiger charge is -2.30. The molecule has 7 nitrogen and oxygen atoms in total. The Morgan fingerprint density at radius 2 is 1.84 bits per heavy atom. The first-order chi connectivity index (χ1) is 15.1. The Balaban J connectivity index is 1.50. The summed E-state index contributed by atoms with van der Waals surface area (Å²) in [5.74, 6) is 1.34. The summed E-state index contributed by atoms with van der Waals surface area (Å²) in [6.07, 6.45) is 2.05. The second-order valence-corrected chi connectivity index (χ2v) is 7.23. The molecule has 0 aliphatic carbocycles. The van der Waals surface area contributed by atoms with E-state index in [-0.39, 0.29) is 24.1 Å². The van der Waals surface area contributed by atoms with Gasteiger partial charge in [-0.25, -0.2) is 0 Å². The number of nitrogens with zero attached hydrogens (tertiary/aromatic N) is 3. The number of aromatic nitrogens is 2. The molecule has 0 aliphatic rings. The standard InChI is InChI=1S/C24H23N3O4/c1-17(18-8-3-2-4-9-18)27(16-19-10-5-6-11-20(19)28)23(29)14-13-22-25-24(26-31-22)21-12-7-15-30-21/h2-12,15,17,28H,13-14,16H2,1H3/t17-/m1/s1. The molecule has 0 saturated carbocycles. The van der Waals surface area contributed by atoms with E-state index in [4.69, 9.17) is 8.94 Å². The number of amides is 1. The molecule has 2 aromatic heterocycles. The fourth-order valence-electron chi connectivity index (χ4n) is 3.40. The molecule has 1 amide bonds. The summed E-state index contributed by atoms with van der Waals surface area (Å²) in [6.45, 7) is 2.28. The lowest BCUT2D eigenvalue weighted by molar-refractivity contribution is -0.134. The number of hydrogen-bond acceptors (Lipinski definition) is 6. The van der Waals surface area contributed by atoms with Crippen molar-refractivity contribution in [1.29, 1.82) is 0 Å². The zero-order valence-electron chi connectivity index (χ0n) is 17.1. The fourth-order valence-corrected chi connectivity index (χ4v) is 3.40. The van der Waals surface area contributed by atoms with Gasteiger partial charge in [-0.15, -0.1) is 0 Å². The minimum Gasteiger partial charge on any atom is -0.508 e. The van der Waals surface area contributed by atoms with Crippen LogP contribution < -0.4 is 0 Å². The van der Waals surface area contributed by atoms with Gasteiger partial charge in [0.1, 0.15) is 5.75 Å². The number of aryl methyl sites for hydroxylation is 1. The molecule has 0 spiro atoms. The first kappa shape index (κ1) is 20.4. The minimum absolute atomic E-state index is 0.0719. The van der Waals surface area contributed by atoms with Crippen LogP contribution in [-0.2, 0) is 17.8 Å². The van der Waals surface area contributed by atoms with Gasteiger partial charge >= 0.3 is 0 Å². The molecule has 2 heterocycles. The lowest BCUT2D eigenvalue weighted by atomic mass is 10.0. The van der Waals surface area contributed by atoms with Crippen molar-refractivity contribution in [2.24, 2.45) is 0 Å². The second kappa shape index (κ2) is 9.30. The highest BCUT2D eigenvalue weighted by Gasteiger charge is 2.23. The number of phenols is 1. The zero-order valence-corrected chi connectivity index (χ0v) is 17.1. The first-order valence-electron chi connectivity index (χ1n) is 10.1. The van der Waals surface area contributed by atoms with Gasteiger partial charge in [0, 0.05) is 24.9 Å². The topological polar surface area (TPSA) is 92.6 Å². The van der Waals surface area contributed by atoms with E-state index in [0.717, 1.165) is 5.56 Å². The third kappa shape index (κ3) is 4.83. The van der Waals surface area contributed by atoms with Crippen LogP contribution in [0.2, 0.25) is 0 Å². The summed E-state index contributed by atoms with van der Waals surface area (Å²) >= 11 is 0. The smallest absolute Gasteiger partial charge is 0.238 e. The van der Waals surface area contributed by atoms with Gasteiger partial charge < -0.3 is 18.9 Å². The third-order valence-corrected chi connectivity index (χ3v) is 5.16. The highest BCUT2D eigenvalue weighted by atomic mass is 16.5. The monoisotopic (exact) mass is 417 g/mol. The summed E-state index contributed by atoms with van der Waals surface area (Å²) in [6, 6.07) is 20.2. The molecule has 1 N–H and O–H groups in total. The summed E-state index contributed by atoms with van der Waals surface area (Å²) in [5.41, 5.74) is 1.71. The minimum atomic E-state index is -0.172. The van der Waals surface area contributed by atoms with Crippen LogP contribution in [0.1, 0.15) is 36.4 Å². The Bertz CT molecular complexity index is 1120. The van der Waals surface area contributed by atoms with Crippen molar-refractivity contribution in [2.75, 3.05) is 0 Å². The number of para-hydroxylation sites is 1. The van der Waals surface area contributed by atoms with Crippen molar-refractivity contribution < 1.29 is 18.8 Å². The van der Waals surface area contributed by atoms with Crippen LogP contribution in [0.4, 0.5) is 0 Å². The number of aromatic hydroxyl groups is 1. The fraction of sp³-hybridized carbons (Fsp3) is 0.208. The largest absolute Gasteiger partial charge is 0.508 e. The maximum absolute atomic E-state index is 13.2. The predicted octanol–water partition coefficient (Wildman–Crippen LogP) is 4.76. The third-order valence-electron chi connectivity index (χ3n) is 5.16.